The molecule has 1 unspecified atom stereocenters. The van der Waals surface area contributed by atoms with Gasteiger partial charge in [0, 0.05) is 0 Å². The van der Waals surface area contributed by atoms with E-state index in [0.717, 1.165) is 15.6 Å². The van der Waals surface area contributed by atoms with Crippen molar-refractivity contribution in [3.8, 4) is 0 Å². The van der Waals surface area contributed by atoms with Gasteiger partial charge in [0.05, 0.1) is 0 Å². The molecule has 11 heteroatoms. The second kappa shape index (κ2) is 13.8. The monoisotopic (exact) mass is 741 g/mol. The van der Waals surface area contributed by atoms with Gasteiger partial charge in [-0.2, -0.15) is 0 Å². The van der Waals surface area contributed by atoms with Gasteiger partial charge in [-0.1, -0.05) is 6.07 Å². The van der Waals surface area contributed by atoms with Crippen LogP contribution < -0.4 is 4.46 Å². The van der Waals surface area contributed by atoms with Crippen LogP contribution in [0.4, 0.5) is 4.79 Å². The first-order chi connectivity index (χ1) is 23.1. The Balaban J connectivity index is 1.24. The number of Topliss-reactive ketones (excluding diaryl/α,β-unsaturated/α-hetero) is 1. The summed E-state index contributed by atoms with van der Waals surface area (Å²) in [7, 11) is 0. The summed E-state index contributed by atoms with van der Waals surface area (Å²) in [6.07, 6.45) is -5.57. The van der Waals surface area contributed by atoms with E-state index in [1.165, 1.54) is 4.90 Å². The Labute approximate surface area is 291 Å². The molecule has 9 nitrogen and oxygen atoms in total. The third-order valence-corrected chi connectivity index (χ3v) is 13.4. The zero-order chi connectivity index (χ0) is 33.6. The summed E-state index contributed by atoms with van der Waals surface area (Å²) >= 11 is 6.75. The number of hydrogen-bond donors (Lipinski definition) is 1. The van der Waals surface area contributed by atoms with E-state index in [1.54, 1.807) is 0 Å². The normalized spacial score (nSPS) is 34.2. The summed E-state index contributed by atoms with van der Waals surface area (Å²) in [6, 6.07) is 27.4. The zero-order valence-corrected chi connectivity index (χ0v) is 29.4. The topological polar surface area (TPSA) is 104 Å². The van der Waals surface area contributed by atoms with Crippen molar-refractivity contribution in [2.45, 2.75) is 98.7 Å². The van der Waals surface area contributed by atoms with E-state index >= 15 is 0 Å². The molecule has 4 aliphatic rings. The number of alkyl halides is 1. The predicted octanol–water partition coefficient (Wildman–Crippen LogP) is 4.25. The molecule has 1 N–H and O–H groups in total. The fraction of sp³-hybridized carbons (Fsp3) is 0.459. The van der Waals surface area contributed by atoms with E-state index in [1.807, 2.05) is 112 Å². The number of carbonyl (C=O) groups excluding carboxylic acids is 2. The van der Waals surface area contributed by atoms with Crippen LogP contribution in [-0.4, -0.2) is 96.7 Å². The summed E-state index contributed by atoms with van der Waals surface area (Å²) in [5.74, 6) is -2.17. The molecule has 3 aromatic rings. The van der Waals surface area contributed by atoms with Gasteiger partial charge in [-0.3, -0.25) is 0 Å². The molecule has 3 aromatic carbocycles. The van der Waals surface area contributed by atoms with Gasteiger partial charge < -0.3 is 0 Å². The van der Waals surface area contributed by atoms with Gasteiger partial charge in [-0.25, -0.2) is 0 Å². The van der Waals surface area contributed by atoms with Gasteiger partial charge in [-0.15, -0.1) is 0 Å². The number of carbonyl (C=O) groups is 2. The first-order valence-corrected chi connectivity index (χ1v) is 18.6. The molecule has 0 spiro atoms. The number of amides is 1. The molecule has 0 radical (unpaired) electrons. The maximum atomic E-state index is 14.2. The van der Waals surface area contributed by atoms with Crippen LogP contribution in [0.3, 0.4) is 0 Å². The number of halogens is 1. The number of fused-ring (bicyclic) bond motifs is 3. The van der Waals surface area contributed by atoms with Crippen molar-refractivity contribution in [1.29, 1.82) is 0 Å². The molecule has 11 atom stereocenters. The molecule has 1 amide bonds. The van der Waals surface area contributed by atoms with Gasteiger partial charge in [-0.05, 0) is 0 Å². The van der Waals surface area contributed by atoms with Crippen LogP contribution in [-0.2, 0) is 41.7 Å². The Kier molecular flexibility index (Phi) is 9.72. The number of likely N-dealkylation sites (tertiary alicyclic amines) is 1. The molecule has 7 rings (SSSR count). The number of ether oxygens (including phenoxy) is 5. The van der Waals surface area contributed by atoms with Gasteiger partial charge in [0.15, 0.2) is 0 Å². The fourth-order valence-electron chi connectivity index (χ4n) is 7.53. The van der Waals surface area contributed by atoms with Crippen LogP contribution in [0.2, 0.25) is 4.82 Å². The SMILES string of the molecule is C[C@@H]1[C@@H]2OC(C)(C)O[C@@H]2[C@@H](OCc2ccccc2)C([C@@H](O)[C@@H]2C(=O)[C@@H]3O[C@H]2[C@@H]([Se]c2ccccc2)[C@@H]3Cl)N1C(=O)OCc1ccccc1. The number of benzene rings is 3. The van der Waals surface area contributed by atoms with Gasteiger partial charge in [0.25, 0.3) is 0 Å². The molecule has 4 fully saturated rings. The summed E-state index contributed by atoms with van der Waals surface area (Å²) < 4.78 is 32.7. The summed E-state index contributed by atoms with van der Waals surface area (Å²) in [6.45, 7) is 5.71. The van der Waals surface area contributed by atoms with E-state index < -0.39 is 71.9 Å². The standard InChI is InChI=1S/C37H40ClNO8Se/c1-21-30-34(47-37(2,3)46-30)33(43-19-22-13-7-4-8-14-22)27(39(21)36(42)44-20-23-15-9-5-10-16-23)28(40)25-29(41)32-26(38)35(31(25)45-32)48-24-17-11-6-12-18-24/h4-18,21,25-28,30-35,40H,19-20H2,1-3H3/t21-,25-,26-,27?,28+,30+,31-,32-,33+,34+,35+/m1/s1. The van der Waals surface area contributed by atoms with Crippen molar-refractivity contribution in [3.63, 3.8) is 0 Å². The van der Waals surface area contributed by atoms with Crippen LogP contribution in [0, 0.1) is 5.92 Å². The Morgan fingerprint density at radius 2 is 1.50 bits per heavy atom. The number of aliphatic hydroxyl groups is 1. The number of nitrogens with zero attached hydrogens (tertiary/aromatic N) is 1. The molecule has 254 valence electrons. The summed E-state index contributed by atoms with van der Waals surface area (Å²) in [4.78, 5) is 29.5. The van der Waals surface area contributed by atoms with Gasteiger partial charge >= 0.3 is 287 Å². The average Bonchev–Trinajstić information content (AvgIpc) is 3.72. The van der Waals surface area contributed by atoms with Crippen molar-refractivity contribution in [3.05, 3.63) is 102 Å². The zero-order valence-electron chi connectivity index (χ0n) is 27.0. The Morgan fingerprint density at radius 1 is 0.917 bits per heavy atom. The van der Waals surface area contributed by atoms with Crippen molar-refractivity contribution in [2.24, 2.45) is 5.92 Å². The molecular weight excluding hydrogens is 701 g/mol. The Hall–Kier alpha value is -2.79. The number of hydrogen-bond acceptors (Lipinski definition) is 8. The molecule has 0 saturated carbocycles. The van der Waals surface area contributed by atoms with Crippen LogP contribution >= 0.6 is 11.6 Å². The fourth-order valence-corrected chi connectivity index (χ4v) is 10.8. The molecule has 48 heavy (non-hydrogen) atoms. The van der Waals surface area contributed by atoms with Crippen molar-refractivity contribution in [2.75, 3.05) is 0 Å². The molecular formula is C37H40ClNO8Se. The minimum absolute atomic E-state index is 0.0317. The predicted molar refractivity (Wildman–Crippen MR) is 179 cm³/mol. The molecule has 0 aliphatic carbocycles. The first kappa shape index (κ1) is 33.7. The minimum atomic E-state index is -1.37. The van der Waals surface area contributed by atoms with E-state index in [-0.39, 0.29) is 38.8 Å². The number of ketones is 1. The molecule has 0 aromatic heterocycles. The van der Waals surface area contributed by atoms with E-state index in [4.69, 9.17) is 35.3 Å². The molecule has 4 saturated heterocycles. The summed E-state index contributed by atoms with van der Waals surface area (Å²) in [5.41, 5.74) is 1.73. The number of piperidine rings is 1. The van der Waals surface area contributed by atoms with E-state index in [9.17, 15) is 14.7 Å². The van der Waals surface area contributed by atoms with Gasteiger partial charge in [0.1, 0.15) is 0 Å². The third kappa shape index (κ3) is 6.45. The van der Waals surface area contributed by atoms with Gasteiger partial charge in [0.2, 0.25) is 0 Å². The van der Waals surface area contributed by atoms with Crippen LogP contribution in [0.5, 0.6) is 0 Å². The van der Waals surface area contributed by atoms with Crippen LogP contribution in [0.25, 0.3) is 0 Å². The Bertz CT molecular complexity index is 1580. The summed E-state index contributed by atoms with van der Waals surface area (Å²) in [5, 5.41) is 12.0. The van der Waals surface area contributed by atoms with Crippen LogP contribution in [0.15, 0.2) is 91.0 Å². The van der Waals surface area contributed by atoms with Crippen LogP contribution in [0.1, 0.15) is 31.9 Å². The number of aliphatic hydroxyl groups excluding tert-OH is 1. The second-order valence-corrected chi connectivity index (χ2v) is 16.4. The average molecular weight is 741 g/mol. The van der Waals surface area contributed by atoms with Crippen molar-refractivity contribution >= 4 is 42.9 Å². The van der Waals surface area contributed by atoms with Crippen molar-refractivity contribution < 1.29 is 38.4 Å². The molecule has 4 aliphatic heterocycles. The second-order valence-electron chi connectivity index (χ2n) is 13.3. The Morgan fingerprint density at radius 3 is 2.12 bits per heavy atom. The number of rotatable bonds is 9. The van der Waals surface area contributed by atoms with Crippen molar-refractivity contribution in [1.82, 2.24) is 4.90 Å². The van der Waals surface area contributed by atoms with E-state index in [2.05, 4.69) is 0 Å². The quantitative estimate of drug-likeness (QED) is 0.257. The maximum absolute atomic E-state index is 14.2. The molecule has 4 heterocycles. The molecule has 2 bridgehead atoms. The first-order valence-electron chi connectivity index (χ1n) is 16.4. The van der Waals surface area contributed by atoms with E-state index in [0.29, 0.717) is 0 Å². The third-order valence-electron chi connectivity index (χ3n) is 9.69.